The minimum absolute atomic E-state index is 0.161. The van der Waals surface area contributed by atoms with Crippen LogP contribution in [0.5, 0.6) is 0 Å². The molecule has 0 fully saturated rings. The van der Waals surface area contributed by atoms with E-state index in [1.807, 2.05) is 0 Å². The number of aryl methyl sites for hydroxylation is 1. The fourth-order valence-electron chi connectivity index (χ4n) is 2.37. The maximum Gasteiger partial charge on any atom is 0.242 e. The van der Waals surface area contributed by atoms with Gasteiger partial charge in [0, 0.05) is 4.88 Å². The highest BCUT2D eigenvalue weighted by molar-refractivity contribution is 7.15. The van der Waals surface area contributed by atoms with Crippen molar-refractivity contribution in [1.82, 2.24) is 4.98 Å². The number of anilines is 1. The molecule has 0 bridgehead atoms. The molecule has 5 heteroatoms. The highest BCUT2D eigenvalue weighted by Gasteiger charge is 2.22. The summed E-state index contributed by atoms with van der Waals surface area (Å²) in [5.74, 6) is 0.631. The Kier molecular flexibility index (Phi) is 4.35. The first-order chi connectivity index (χ1) is 8.60. The van der Waals surface area contributed by atoms with Crippen LogP contribution in [0.4, 0.5) is 5.13 Å². The zero-order chi connectivity index (χ0) is 13.1. The van der Waals surface area contributed by atoms with Crippen molar-refractivity contribution < 1.29 is 4.79 Å². The van der Waals surface area contributed by atoms with E-state index < -0.39 is 6.04 Å². The van der Waals surface area contributed by atoms with Crippen molar-refractivity contribution in [3.05, 3.63) is 10.6 Å². The normalized spacial score (nSPS) is 20.3. The fraction of sp³-hybridized carbons (Fsp3) is 0.692. The van der Waals surface area contributed by atoms with Crippen molar-refractivity contribution in [3.8, 4) is 0 Å². The molecule has 0 spiro atoms. The Morgan fingerprint density at radius 1 is 1.67 bits per heavy atom. The molecule has 18 heavy (non-hydrogen) atoms. The SMILES string of the molecule is CCCC1CCc2nc(NC(=O)[C@@H](C)N)sc2C1. The van der Waals surface area contributed by atoms with Gasteiger partial charge in [0.15, 0.2) is 5.13 Å². The molecule has 0 aliphatic heterocycles. The molecule has 0 saturated heterocycles. The molecular formula is C13H21N3OS. The van der Waals surface area contributed by atoms with Gasteiger partial charge >= 0.3 is 0 Å². The summed E-state index contributed by atoms with van der Waals surface area (Å²) in [5, 5.41) is 3.50. The molecule has 1 amide bonds. The van der Waals surface area contributed by atoms with Gasteiger partial charge in [0.05, 0.1) is 11.7 Å². The van der Waals surface area contributed by atoms with E-state index in [0.29, 0.717) is 5.13 Å². The Hall–Kier alpha value is -0.940. The van der Waals surface area contributed by atoms with Crippen LogP contribution in [0.3, 0.4) is 0 Å². The summed E-state index contributed by atoms with van der Waals surface area (Å²) in [6, 6.07) is -0.487. The van der Waals surface area contributed by atoms with Crippen LogP contribution in [0.1, 0.15) is 43.7 Å². The monoisotopic (exact) mass is 267 g/mol. The average Bonchev–Trinajstić information content (AvgIpc) is 2.70. The fourth-order valence-corrected chi connectivity index (χ4v) is 3.50. The first-order valence-corrected chi connectivity index (χ1v) is 7.46. The molecule has 4 nitrogen and oxygen atoms in total. The number of hydrogen-bond donors (Lipinski definition) is 2. The van der Waals surface area contributed by atoms with Gasteiger partial charge in [-0.2, -0.15) is 0 Å². The number of fused-ring (bicyclic) bond motifs is 1. The summed E-state index contributed by atoms with van der Waals surface area (Å²) in [6.07, 6.45) is 5.93. The third kappa shape index (κ3) is 3.09. The molecule has 0 aromatic carbocycles. The number of amides is 1. The van der Waals surface area contributed by atoms with Crippen LogP contribution >= 0.6 is 11.3 Å². The Morgan fingerprint density at radius 3 is 3.11 bits per heavy atom. The molecule has 1 aromatic heterocycles. The lowest BCUT2D eigenvalue weighted by atomic mass is 9.88. The van der Waals surface area contributed by atoms with Gasteiger partial charge in [0.25, 0.3) is 0 Å². The quantitative estimate of drug-likeness (QED) is 0.879. The number of carbonyl (C=O) groups excluding carboxylic acids is 1. The summed E-state index contributed by atoms with van der Waals surface area (Å²) in [7, 11) is 0. The average molecular weight is 267 g/mol. The lowest BCUT2D eigenvalue weighted by Gasteiger charge is -2.19. The van der Waals surface area contributed by atoms with Gasteiger partial charge in [-0.3, -0.25) is 4.79 Å². The van der Waals surface area contributed by atoms with E-state index in [-0.39, 0.29) is 5.91 Å². The van der Waals surface area contributed by atoms with E-state index in [9.17, 15) is 4.79 Å². The molecule has 1 aromatic rings. The molecule has 1 aliphatic rings. The lowest BCUT2D eigenvalue weighted by Crippen LogP contribution is -2.32. The molecule has 2 rings (SSSR count). The molecule has 1 heterocycles. The highest BCUT2D eigenvalue weighted by atomic mass is 32.1. The minimum Gasteiger partial charge on any atom is -0.320 e. The Morgan fingerprint density at radius 2 is 2.44 bits per heavy atom. The predicted octanol–water partition coefficient (Wildman–Crippen LogP) is 2.33. The largest absolute Gasteiger partial charge is 0.320 e. The van der Waals surface area contributed by atoms with Crippen molar-refractivity contribution in [1.29, 1.82) is 0 Å². The Labute approximate surface area is 112 Å². The number of hydrogen-bond acceptors (Lipinski definition) is 4. The van der Waals surface area contributed by atoms with Crippen LogP contribution in [0, 0.1) is 5.92 Å². The second-order valence-corrected chi connectivity index (χ2v) is 6.15. The smallest absolute Gasteiger partial charge is 0.242 e. The molecular weight excluding hydrogens is 246 g/mol. The van der Waals surface area contributed by atoms with Crippen molar-refractivity contribution in [2.75, 3.05) is 5.32 Å². The maximum atomic E-state index is 11.5. The van der Waals surface area contributed by atoms with E-state index in [2.05, 4.69) is 17.2 Å². The number of aromatic nitrogens is 1. The Balaban J connectivity index is 2.03. The van der Waals surface area contributed by atoms with E-state index in [1.54, 1.807) is 18.3 Å². The van der Waals surface area contributed by atoms with Crippen LogP contribution in [0.2, 0.25) is 0 Å². The number of nitrogens with one attached hydrogen (secondary N) is 1. The van der Waals surface area contributed by atoms with Gasteiger partial charge in [-0.1, -0.05) is 19.8 Å². The van der Waals surface area contributed by atoms with E-state index in [0.717, 1.165) is 18.8 Å². The van der Waals surface area contributed by atoms with Crippen LogP contribution < -0.4 is 11.1 Å². The van der Waals surface area contributed by atoms with Crippen molar-refractivity contribution in [2.24, 2.45) is 11.7 Å². The zero-order valence-corrected chi connectivity index (χ0v) is 11.8. The van der Waals surface area contributed by atoms with Crippen LogP contribution in [0.15, 0.2) is 0 Å². The predicted molar refractivity (Wildman–Crippen MR) is 74.8 cm³/mol. The molecule has 100 valence electrons. The molecule has 1 unspecified atom stereocenters. The Bertz CT molecular complexity index is 428. The van der Waals surface area contributed by atoms with Crippen molar-refractivity contribution in [3.63, 3.8) is 0 Å². The second-order valence-electron chi connectivity index (χ2n) is 5.06. The third-order valence-corrected chi connectivity index (χ3v) is 4.42. The number of thiazole rings is 1. The third-order valence-electron chi connectivity index (χ3n) is 3.38. The first-order valence-electron chi connectivity index (χ1n) is 6.65. The summed E-state index contributed by atoms with van der Waals surface area (Å²) < 4.78 is 0. The number of nitrogens with zero attached hydrogens (tertiary/aromatic N) is 1. The van der Waals surface area contributed by atoms with Crippen molar-refractivity contribution in [2.45, 2.75) is 52.0 Å². The van der Waals surface area contributed by atoms with E-state index >= 15 is 0 Å². The van der Waals surface area contributed by atoms with E-state index in [4.69, 9.17) is 5.73 Å². The van der Waals surface area contributed by atoms with Crippen molar-refractivity contribution >= 4 is 22.4 Å². The summed E-state index contributed by atoms with van der Waals surface area (Å²) in [4.78, 5) is 17.4. The second kappa shape index (κ2) is 5.80. The summed E-state index contributed by atoms with van der Waals surface area (Å²) >= 11 is 1.61. The lowest BCUT2D eigenvalue weighted by molar-refractivity contribution is -0.117. The van der Waals surface area contributed by atoms with Gasteiger partial charge in [-0.15, -0.1) is 11.3 Å². The van der Waals surface area contributed by atoms with E-state index in [1.165, 1.54) is 29.8 Å². The van der Waals surface area contributed by atoms with Gasteiger partial charge in [0.2, 0.25) is 5.91 Å². The summed E-state index contributed by atoms with van der Waals surface area (Å²) in [5.41, 5.74) is 6.71. The highest BCUT2D eigenvalue weighted by Crippen LogP contribution is 2.33. The van der Waals surface area contributed by atoms with Crippen LogP contribution in [-0.2, 0) is 17.6 Å². The number of rotatable bonds is 4. The molecule has 2 atom stereocenters. The maximum absolute atomic E-state index is 11.5. The number of nitrogens with two attached hydrogens (primary N) is 1. The molecule has 1 aliphatic carbocycles. The minimum atomic E-state index is -0.487. The van der Waals surface area contributed by atoms with Crippen LogP contribution in [-0.4, -0.2) is 16.9 Å². The molecule has 0 saturated carbocycles. The first kappa shape index (κ1) is 13.5. The van der Waals surface area contributed by atoms with Gasteiger partial charge in [-0.25, -0.2) is 4.98 Å². The molecule has 0 radical (unpaired) electrons. The zero-order valence-electron chi connectivity index (χ0n) is 11.0. The molecule has 3 N–H and O–H groups in total. The van der Waals surface area contributed by atoms with Gasteiger partial charge < -0.3 is 11.1 Å². The standard InChI is InChI=1S/C13H21N3OS/c1-3-4-9-5-6-10-11(7-9)18-13(15-10)16-12(17)8(2)14/h8-9H,3-7,14H2,1-2H3,(H,15,16,17)/t8-,9?/m1/s1. The van der Waals surface area contributed by atoms with Crippen LogP contribution in [0.25, 0.3) is 0 Å². The number of carbonyl (C=O) groups is 1. The topological polar surface area (TPSA) is 68.0 Å². The summed E-state index contributed by atoms with van der Waals surface area (Å²) in [6.45, 7) is 3.91. The van der Waals surface area contributed by atoms with Gasteiger partial charge in [0.1, 0.15) is 0 Å². The van der Waals surface area contributed by atoms with Gasteiger partial charge in [-0.05, 0) is 32.1 Å².